The Hall–Kier alpha value is -7.08. The van der Waals surface area contributed by atoms with Gasteiger partial charge in [0.15, 0.2) is 24.8 Å². The summed E-state index contributed by atoms with van der Waals surface area (Å²) in [6.07, 6.45) is -10.1. The normalized spacial score (nSPS) is 21.7. The number of halogens is 5. The maximum absolute atomic E-state index is 14.2. The second-order valence-electron chi connectivity index (χ2n) is 22.0. The molecule has 11 N–H and O–H groups in total. The van der Waals surface area contributed by atoms with Crippen LogP contribution < -0.4 is 42.8 Å². The van der Waals surface area contributed by atoms with Crippen molar-refractivity contribution in [3.05, 3.63) is 29.1 Å². The summed E-state index contributed by atoms with van der Waals surface area (Å²) in [6, 6.07) is -2.27. The molecule has 34 heteroatoms. The van der Waals surface area contributed by atoms with E-state index >= 15 is 0 Å². The Kier molecular flexibility index (Phi) is 35.1. The predicted molar refractivity (Wildman–Crippen MR) is 306 cm³/mol. The third-order valence-corrected chi connectivity index (χ3v) is 14.3. The molecule has 1 aromatic rings. The zero-order valence-electron chi connectivity index (χ0n) is 52.1. The molecule has 29 nitrogen and oxygen atoms in total. The molecule has 0 spiro atoms. The molecule has 10 atom stereocenters. The SMILES string of the molecule is CC(=O)CCC(CCC(=O)NCCCNC(=O)CCCCOC1OC(COC(C)=O)C(OC(C)=O)C(O)C1N)(CCC(=O)NCCCNC(=O)CCCCOC1OC(COC(C)=O)C(OC(C)=O)C(O)C1N)NC(=O)CCCC(=O)Oc1c(F)c(F)c(F)c(F)c1F. The molecule has 0 radical (unpaired) electrons. The van der Waals surface area contributed by atoms with Crippen LogP contribution in [0, 0.1) is 29.1 Å². The lowest BCUT2D eigenvalue weighted by molar-refractivity contribution is -0.271. The Labute approximate surface area is 527 Å². The van der Waals surface area contributed by atoms with Crippen molar-refractivity contribution in [3.8, 4) is 5.75 Å². The zero-order valence-corrected chi connectivity index (χ0v) is 52.1. The predicted octanol–water partition coefficient (Wildman–Crippen LogP) is 0.677. The minimum Gasteiger partial charge on any atom is -0.463 e. The highest BCUT2D eigenvalue weighted by Crippen LogP contribution is 2.31. The van der Waals surface area contributed by atoms with Crippen molar-refractivity contribution in [2.24, 2.45) is 11.5 Å². The first-order valence-corrected chi connectivity index (χ1v) is 30.1. The maximum Gasteiger partial charge on any atom is 0.311 e. The van der Waals surface area contributed by atoms with Gasteiger partial charge in [-0.1, -0.05) is 0 Å². The molecule has 0 bridgehead atoms. The summed E-state index contributed by atoms with van der Waals surface area (Å²) in [6.45, 7) is 5.76. The summed E-state index contributed by atoms with van der Waals surface area (Å²) in [5.74, 6) is -20.7. The number of rotatable bonds is 41. The van der Waals surface area contributed by atoms with Gasteiger partial charge >= 0.3 is 29.8 Å². The van der Waals surface area contributed by atoms with E-state index in [1.54, 1.807) is 0 Å². The summed E-state index contributed by atoms with van der Waals surface area (Å²) in [4.78, 5) is 136. The van der Waals surface area contributed by atoms with Crippen molar-refractivity contribution < 1.29 is 128 Å². The number of nitrogens with one attached hydrogen (secondary N) is 5. The number of nitrogens with two attached hydrogens (primary N) is 2. The molecule has 10 unspecified atom stereocenters. The van der Waals surface area contributed by atoms with E-state index < -0.39 is 162 Å². The number of aliphatic hydroxyl groups excluding tert-OH is 2. The largest absolute Gasteiger partial charge is 0.463 e. The van der Waals surface area contributed by atoms with Crippen molar-refractivity contribution in [2.75, 3.05) is 52.6 Å². The third kappa shape index (κ3) is 28.4. The topological polar surface area (TPSA) is 423 Å². The molecule has 1 aromatic carbocycles. The lowest BCUT2D eigenvalue weighted by Crippen LogP contribution is -2.63. The fourth-order valence-electron chi connectivity index (χ4n) is 9.41. The highest BCUT2D eigenvalue weighted by molar-refractivity contribution is 5.81. The lowest BCUT2D eigenvalue weighted by Gasteiger charge is -2.42. The van der Waals surface area contributed by atoms with Gasteiger partial charge in [0.2, 0.25) is 64.4 Å². The highest BCUT2D eigenvalue weighted by atomic mass is 19.2. The second-order valence-corrected chi connectivity index (χ2v) is 22.0. The van der Waals surface area contributed by atoms with E-state index in [1.165, 1.54) is 6.92 Å². The Balaban J connectivity index is 1.51. The van der Waals surface area contributed by atoms with E-state index in [-0.39, 0.29) is 141 Å². The third-order valence-electron chi connectivity index (χ3n) is 14.3. The van der Waals surface area contributed by atoms with Crippen LogP contribution in [0.1, 0.15) is 144 Å². The summed E-state index contributed by atoms with van der Waals surface area (Å²) < 4.78 is 117. The Morgan fingerprint density at radius 2 is 0.837 bits per heavy atom. The molecule has 0 aromatic heterocycles. The van der Waals surface area contributed by atoms with E-state index in [0.717, 1.165) is 27.7 Å². The summed E-state index contributed by atoms with van der Waals surface area (Å²) >= 11 is 0. The van der Waals surface area contributed by atoms with Crippen molar-refractivity contribution >= 4 is 65.2 Å². The van der Waals surface area contributed by atoms with Crippen molar-refractivity contribution in [2.45, 2.75) is 211 Å². The van der Waals surface area contributed by atoms with Gasteiger partial charge in [-0.2, -0.15) is 8.78 Å². The van der Waals surface area contributed by atoms with E-state index in [0.29, 0.717) is 25.7 Å². The first kappa shape index (κ1) is 79.2. The molecule has 2 heterocycles. The number of hydrogen-bond donors (Lipinski definition) is 9. The number of carbonyl (C=O) groups is 11. The molecule has 2 aliphatic rings. The minimum atomic E-state index is -2.47. The summed E-state index contributed by atoms with van der Waals surface area (Å²) in [5.41, 5.74) is 10.8. The number of aliphatic hydroxyl groups is 2. The zero-order chi connectivity index (χ0) is 68.7. The Bertz CT molecular complexity index is 2520. The van der Waals surface area contributed by atoms with Crippen molar-refractivity contribution in [1.29, 1.82) is 0 Å². The van der Waals surface area contributed by atoms with Crippen LogP contribution in [0.3, 0.4) is 0 Å². The van der Waals surface area contributed by atoms with E-state index in [1.807, 2.05) is 0 Å². The van der Waals surface area contributed by atoms with Gasteiger partial charge in [-0.25, -0.2) is 13.2 Å². The number of benzene rings is 1. The molecule has 3 rings (SSSR count). The van der Waals surface area contributed by atoms with Crippen LogP contribution >= 0.6 is 0 Å². The number of Topliss-reactive ketones (excluding diaryl/α,β-unsaturated/α-hetero) is 1. The first-order chi connectivity index (χ1) is 43.4. The number of ether oxygens (including phenoxy) is 9. The van der Waals surface area contributed by atoms with E-state index in [2.05, 4.69) is 31.3 Å². The monoisotopic (exact) mass is 1330 g/mol. The quantitative estimate of drug-likeness (QED) is 0.00828. The van der Waals surface area contributed by atoms with Gasteiger partial charge in [0.25, 0.3) is 0 Å². The molecular formula is C58H86F5N7O22. The molecule has 2 fully saturated rings. The molecule has 92 heavy (non-hydrogen) atoms. The van der Waals surface area contributed by atoms with Gasteiger partial charge < -0.3 is 95.7 Å². The van der Waals surface area contributed by atoms with E-state index in [4.69, 9.17) is 49.4 Å². The number of esters is 5. The summed E-state index contributed by atoms with van der Waals surface area (Å²) in [7, 11) is 0. The van der Waals surface area contributed by atoms with E-state index in [9.17, 15) is 84.9 Å². The van der Waals surface area contributed by atoms with Crippen LogP contribution in [-0.4, -0.2) is 195 Å². The number of ketones is 1. The number of amides is 5. The number of hydrogen-bond acceptors (Lipinski definition) is 24. The van der Waals surface area contributed by atoms with Crippen molar-refractivity contribution in [1.82, 2.24) is 26.6 Å². The van der Waals surface area contributed by atoms with Crippen molar-refractivity contribution in [3.63, 3.8) is 0 Å². The Morgan fingerprint density at radius 3 is 1.22 bits per heavy atom. The molecular weight excluding hydrogens is 1240 g/mol. The van der Waals surface area contributed by atoms with Crippen LogP contribution in [-0.2, 0) is 90.6 Å². The number of unbranched alkanes of at least 4 members (excludes halogenated alkanes) is 2. The van der Waals surface area contributed by atoms with Gasteiger partial charge in [-0.05, 0) is 71.1 Å². The van der Waals surface area contributed by atoms with Crippen LogP contribution in [0.25, 0.3) is 0 Å². The van der Waals surface area contributed by atoms with Gasteiger partial charge in [-0.3, -0.25) is 47.9 Å². The van der Waals surface area contributed by atoms with Crippen LogP contribution in [0.5, 0.6) is 5.75 Å². The summed E-state index contributed by atoms with van der Waals surface area (Å²) in [5, 5.41) is 35.1. The van der Waals surface area contributed by atoms with Crippen LogP contribution in [0.4, 0.5) is 22.0 Å². The maximum atomic E-state index is 14.2. The molecule has 5 amide bonds. The standard InChI is InChI=1S/C58H86F5N7O22/c1-31(71)17-20-58(70-42(80)15-10-16-43(81)92-55-47(62)45(60)44(59)46(61)48(55)63,21-18-40(78)68-25-11-23-66-38(76)13-6-8-27-84-56-49(64)51(82)53(88-34(4)74)36(90-56)29-86-32(2)72)22-19-41(79)69-26-12-24-67-39(77)14-7-9-28-85-57-50(65)52(83)54(89-35(5)75)37(91-57)30-87-33(3)73/h36-37,49-54,56-57,82-83H,6-30,64-65H2,1-5H3,(H,66,76)(H,67,77)(H,68,78)(H,69,79)(H,70,80). The second kappa shape index (κ2) is 40.8. The van der Waals surface area contributed by atoms with Crippen LogP contribution in [0.2, 0.25) is 0 Å². The number of carbonyl (C=O) groups excluding carboxylic acids is 11. The molecule has 0 aliphatic carbocycles. The van der Waals surface area contributed by atoms with Gasteiger partial charge in [0.05, 0.1) is 12.1 Å². The smallest absolute Gasteiger partial charge is 0.311 e. The average molecular weight is 1330 g/mol. The van der Waals surface area contributed by atoms with Gasteiger partial charge in [-0.15, -0.1) is 0 Å². The fraction of sp³-hybridized carbons (Fsp3) is 0.707. The minimum absolute atomic E-state index is 0.0537. The average Bonchev–Trinajstić information content (AvgIpc) is 0.864. The molecule has 0 saturated carbocycles. The molecule has 2 saturated heterocycles. The molecule has 520 valence electrons. The fourth-order valence-corrected chi connectivity index (χ4v) is 9.41. The molecule has 2 aliphatic heterocycles. The lowest BCUT2D eigenvalue weighted by atomic mass is 9.82. The first-order valence-electron chi connectivity index (χ1n) is 30.1. The van der Waals surface area contributed by atoms with Gasteiger partial charge in [0, 0.05) is 118 Å². The Morgan fingerprint density at radius 1 is 0.467 bits per heavy atom. The van der Waals surface area contributed by atoms with Crippen LogP contribution in [0.15, 0.2) is 0 Å². The highest BCUT2D eigenvalue weighted by Gasteiger charge is 2.48. The van der Waals surface area contributed by atoms with Gasteiger partial charge in [0.1, 0.15) is 43.4 Å².